The molecule has 0 amide bonds. The van der Waals surface area contributed by atoms with Crippen molar-refractivity contribution in [1.29, 1.82) is 0 Å². The molecule has 25 heavy (non-hydrogen) atoms. The van der Waals surface area contributed by atoms with Gasteiger partial charge in [-0.15, -0.1) is 0 Å². The zero-order valence-electron chi connectivity index (χ0n) is 15.1. The summed E-state index contributed by atoms with van der Waals surface area (Å²) in [6.45, 7) is 6.54. The first-order valence-corrected chi connectivity index (χ1v) is 8.66. The number of hydrogen-bond acceptors (Lipinski definition) is 4. The summed E-state index contributed by atoms with van der Waals surface area (Å²) < 4.78 is 16.6. The average molecular weight is 342 g/mol. The summed E-state index contributed by atoms with van der Waals surface area (Å²) in [5, 5.41) is 0. The first-order chi connectivity index (χ1) is 12.1. The largest absolute Gasteiger partial charge is 0.489 e. The van der Waals surface area contributed by atoms with Crippen LogP contribution in [0.1, 0.15) is 31.9 Å². The fourth-order valence-electron chi connectivity index (χ4n) is 2.40. The number of benzene rings is 2. The molecule has 2 aromatic carbocycles. The molecule has 0 aliphatic carbocycles. The fraction of sp³-hybridized carbons (Fsp3) is 0.381. The predicted octanol–water partition coefficient (Wildman–Crippen LogP) is 4.16. The van der Waals surface area contributed by atoms with Crippen LogP contribution in [0.4, 0.5) is 0 Å². The molecule has 0 spiro atoms. The molecule has 4 nitrogen and oxygen atoms in total. The third kappa shape index (κ3) is 6.59. The summed E-state index contributed by atoms with van der Waals surface area (Å²) >= 11 is 0. The molecule has 0 aliphatic rings. The van der Waals surface area contributed by atoms with Crippen LogP contribution in [0.2, 0.25) is 0 Å². The summed E-state index contributed by atoms with van der Waals surface area (Å²) in [5.41, 5.74) is 2.13. The van der Waals surface area contributed by atoms with Crippen molar-refractivity contribution in [2.75, 3.05) is 6.61 Å². The second kappa shape index (κ2) is 9.84. The van der Waals surface area contributed by atoms with Crippen LogP contribution in [0.25, 0.3) is 0 Å². The Bertz CT molecular complexity index is 635. The SMILES string of the molecule is CCOC(Cc1ccc(OCc2ccccc2)cc1)C(=O)OC(C)C. The quantitative estimate of drug-likeness (QED) is 0.642. The second-order valence-corrected chi connectivity index (χ2v) is 6.05. The van der Waals surface area contributed by atoms with Gasteiger partial charge in [-0.05, 0) is 44.0 Å². The van der Waals surface area contributed by atoms with Gasteiger partial charge < -0.3 is 14.2 Å². The molecule has 0 saturated heterocycles. The maximum Gasteiger partial charge on any atom is 0.335 e. The van der Waals surface area contributed by atoms with E-state index in [4.69, 9.17) is 14.2 Å². The molecule has 0 fully saturated rings. The topological polar surface area (TPSA) is 44.8 Å². The number of carbonyl (C=O) groups excluding carboxylic acids is 1. The lowest BCUT2D eigenvalue weighted by molar-refractivity contribution is -0.160. The van der Waals surface area contributed by atoms with Gasteiger partial charge in [-0.3, -0.25) is 0 Å². The molecule has 4 heteroatoms. The highest BCUT2D eigenvalue weighted by Gasteiger charge is 2.21. The van der Waals surface area contributed by atoms with E-state index in [9.17, 15) is 4.79 Å². The van der Waals surface area contributed by atoms with E-state index in [-0.39, 0.29) is 12.1 Å². The van der Waals surface area contributed by atoms with E-state index in [1.807, 2.05) is 75.4 Å². The molecule has 134 valence electrons. The second-order valence-electron chi connectivity index (χ2n) is 6.05. The van der Waals surface area contributed by atoms with Crippen molar-refractivity contribution in [3.8, 4) is 5.75 Å². The van der Waals surface area contributed by atoms with Gasteiger partial charge in [0.1, 0.15) is 12.4 Å². The lowest BCUT2D eigenvalue weighted by atomic mass is 10.1. The number of ether oxygens (including phenoxy) is 3. The normalized spacial score (nSPS) is 12.0. The first-order valence-electron chi connectivity index (χ1n) is 8.66. The molecule has 0 N–H and O–H groups in total. The molecular formula is C21H26O4. The Morgan fingerprint density at radius 2 is 1.64 bits per heavy atom. The molecule has 0 heterocycles. The molecular weight excluding hydrogens is 316 g/mol. The van der Waals surface area contributed by atoms with Gasteiger partial charge >= 0.3 is 5.97 Å². The van der Waals surface area contributed by atoms with Crippen molar-refractivity contribution >= 4 is 5.97 Å². The lowest BCUT2D eigenvalue weighted by Gasteiger charge is -2.18. The summed E-state index contributed by atoms with van der Waals surface area (Å²) in [6, 6.07) is 17.8. The zero-order valence-corrected chi connectivity index (χ0v) is 15.1. The highest BCUT2D eigenvalue weighted by Crippen LogP contribution is 2.16. The minimum atomic E-state index is -0.580. The van der Waals surface area contributed by atoms with E-state index < -0.39 is 6.10 Å². The molecule has 0 bridgehead atoms. The third-order valence-corrected chi connectivity index (χ3v) is 3.58. The Hall–Kier alpha value is -2.33. The van der Waals surface area contributed by atoms with Crippen molar-refractivity contribution < 1.29 is 19.0 Å². The monoisotopic (exact) mass is 342 g/mol. The molecule has 0 radical (unpaired) electrons. The molecule has 1 unspecified atom stereocenters. The summed E-state index contributed by atoms with van der Waals surface area (Å²) in [4.78, 5) is 12.1. The van der Waals surface area contributed by atoms with Crippen molar-refractivity contribution in [1.82, 2.24) is 0 Å². The maximum atomic E-state index is 12.1. The van der Waals surface area contributed by atoms with E-state index in [1.54, 1.807) is 0 Å². The maximum absolute atomic E-state index is 12.1. The Morgan fingerprint density at radius 1 is 0.960 bits per heavy atom. The van der Waals surface area contributed by atoms with E-state index in [0.29, 0.717) is 19.6 Å². The van der Waals surface area contributed by atoms with Gasteiger partial charge in [0.2, 0.25) is 0 Å². The van der Waals surface area contributed by atoms with E-state index >= 15 is 0 Å². The van der Waals surface area contributed by atoms with Crippen molar-refractivity contribution in [2.24, 2.45) is 0 Å². The molecule has 0 aliphatic heterocycles. The lowest BCUT2D eigenvalue weighted by Crippen LogP contribution is -2.30. The highest BCUT2D eigenvalue weighted by atomic mass is 16.6. The first kappa shape index (κ1) is 19.0. The minimum Gasteiger partial charge on any atom is -0.489 e. The Labute approximate surface area is 149 Å². The fourth-order valence-corrected chi connectivity index (χ4v) is 2.40. The predicted molar refractivity (Wildman–Crippen MR) is 97.6 cm³/mol. The zero-order chi connectivity index (χ0) is 18.1. The number of hydrogen-bond donors (Lipinski definition) is 0. The van der Waals surface area contributed by atoms with Gasteiger partial charge in [-0.2, -0.15) is 0 Å². The van der Waals surface area contributed by atoms with Crippen LogP contribution >= 0.6 is 0 Å². The summed E-state index contributed by atoms with van der Waals surface area (Å²) in [6.07, 6.45) is -0.244. The third-order valence-electron chi connectivity index (χ3n) is 3.58. The molecule has 1 atom stereocenters. The smallest absolute Gasteiger partial charge is 0.335 e. The van der Waals surface area contributed by atoms with Crippen molar-refractivity contribution in [3.05, 3.63) is 65.7 Å². The van der Waals surface area contributed by atoms with Crippen LogP contribution in [0, 0.1) is 0 Å². The van der Waals surface area contributed by atoms with Crippen LogP contribution in [-0.2, 0) is 27.3 Å². The molecule has 2 rings (SSSR count). The van der Waals surface area contributed by atoms with Gasteiger partial charge in [0.15, 0.2) is 6.10 Å². The Morgan fingerprint density at radius 3 is 2.24 bits per heavy atom. The van der Waals surface area contributed by atoms with Crippen molar-refractivity contribution in [2.45, 2.75) is 46.0 Å². The Kier molecular flexibility index (Phi) is 7.48. The van der Waals surface area contributed by atoms with Gasteiger partial charge in [-0.1, -0.05) is 42.5 Å². The summed E-state index contributed by atoms with van der Waals surface area (Å²) in [5.74, 6) is 0.478. The number of rotatable bonds is 9. The van der Waals surface area contributed by atoms with Crippen LogP contribution in [-0.4, -0.2) is 24.8 Å². The molecule has 2 aromatic rings. The molecule has 0 saturated carbocycles. The van der Waals surface area contributed by atoms with Crippen LogP contribution in [0.5, 0.6) is 5.75 Å². The highest BCUT2D eigenvalue weighted by molar-refractivity contribution is 5.75. The van der Waals surface area contributed by atoms with Gasteiger partial charge in [0, 0.05) is 13.0 Å². The average Bonchev–Trinajstić information content (AvgIpc) is 2.61. The van der Waals surface area contributed by atoms with Crippen LogP contribution in [0.3, 0.4) is 0 Å². The minimum absolute atomic E-state index is 0.149. The molecule has 0 aromatic heterocycles. The van der Waals surface area contributed by atoms with E-state index in [1.165, 1.54) is 0 Å². The standard InChI is InChI=1S/C21H26O4/c1-4-23-20(21(22)25-16(2)3)14-17-10-12-19(13-11-17)24-15-18-8-6-5-7-9-18/h5-13,16,20H,4,14-15H2,1-3H3. The van der Waals surface area contributed by atoms with E-state index in [0.717, 1.165) is 16.9 Å². The van der Waals surface area contributed by atoms with Crippen LogP contribution in [0.15, 0.2) is 54.6 Å². The Balaban J connectivity index is 1.92. The van der Waals surface area contributed by atoms with Crippen molar-refractivity contribution in [3.63, 3.8) is 0 Å². The van der Waals surface area contributed by atoms with Gasteiger partial charge in [0.05, 0.1) is 6.10 Å². The number of carbonyl (C=O) groups is 1. The summed E-state index contributed by atoms with van der Waals surface area (Å²) in [7, 11) is 0. The van der Waals surface area contributed by atoms with Gasteiger partial charge in [-0.25, -0.2) is 4.79 Å². The van der Waals surface area contributed by atoms with Gasteiger partial charge in [0.25, 0.3) is 0 Å². The van der Waals surface area contributed by atoms with E-state index in [2.05, 4.69) is 0 Å². The number of esters is 1. The van der Waals surface area contributed by atoms with Crippen LogP contribution < -0.4 is 4.74 Å².